The molecule has 0 saturated carbocycles. The maximum Gasteiger partial charge on any atom is 0.114 e. The Labute approximate surface area is 94.9 Å². The molecule has 0 radical (unpaired) electrons. The molecule has 0 aliphatic rings. The molecule has 1 N–H and O–H groups in total. The predicted octanol–water partition coefficient (Wildman–Crippen LogP) is 2.97. The Balaban J connectivity index is 2.40. The van der Waals surface area contributed by atoms with Gasteiger partial charge < -0.3 is 5.11 Å². The second kappa shape index (κ2) is 4.73. The van der Waals surface area contributed by atoms with E-state index in [-0.39, 0.29) is 0 Å². The lowest BCUT2D eigenvalue weighted by atomic mass is 10.1. The van der Waals surface area contributed by atoms with Crippen LogP contribution in [0.2, 0.25) is 0 Å². The zero-order chi connectivity index (χ0) is 11.4. The van der Waals surface area contributed by atoms with Crippen molar-refractivity contribution in [2.75, 3.05) is 0 Å². The third-order valence-electron chi connectivity index (χ3n) is 2.41. The number of pyridine rings is 1. The highest BCUT2D eigenvalue weighted by Gasteiger charge is 2.05. The monoisotopic (exact) mass is 211 g/mol. The molecular weight excluding hydrogens is 198 g/mol. The Kier molecular flexibility index (Phi) is 3.13. The minimum Gasteiger partial charge on any atom is -0.383 e. The molecule has 2 nitrogen and oxygen atoms in total. The maximum atomic E-state index is 9.62. The fraction of sp³-hybridized carbons (Fsp3) is 0.0714. The van der Waals surface area contributed by atoms with Gasteiger partial charge in [-0.3, -0.25) is 4.98 Å². The summed E-state index contributed by atoms with van der Waals surface area (Å²) in [5.74, 6) is 0. The minimum atomic E-state index is -0.705. The third-order valence-corrected chi connectivity index (χ3v) is 2.41. The normalized spacial score (nSPS) is 12.1. The van der Waals surface area contributed by atoms with Gasteiger partial charge in [-0.05, 0) is 23.3 Å². The van der Waals surface area contributed by atoms with E-state index in [1.807, 2.05) is 42.5 Å². The summed E-state index contributed by atoms with van der Waals surface area (Å²) in [4.78, 5) is 4.11. The minimum absolute atomic E-state index is 0.622. The van der Waals surface area contributed by atoms with Gasteiger partial charge in [0.05, 0.1) is 5.69 Å². The van der Waals surface area contributed by atoms with E-state index in [1.54, 1.807) is 6.20 Å². The van der Waals surface area contributed by atoms with Crippen molar-refractivity contribution in [3.8, 4) is 11.1 Å². The molecule has 2 aromatic rings. The van der Waals surface area contributed by atoms with Gasteiger partial charge in [0.1, 0.15) is 6.10 Å². The maximum absolute atomic E-state index is 9.62. The molecule has 1 heterocycles. The van der Waals surface area contributed by atoms with Gasteiger partial charge in [0, 0.05) is 6.20 Å². The van der Waals surface area contributed by atoms with Crippen molar-refractivity contribution < 1.29 is 5.11 Å². The molecular formula is C14H13NO. The molecule has 1 unspecified atom stereocenters. The van der Waals surface area contributed by atoms with Gasteiger partial charge in [-0.2, -0.15) is 0 Å². The predicted molar refractivity (Wildman–Crippen MR) is 64.8 cm³/mol. The second-order valence-corrected chi connectivity index (χ2v) is 3.52. The van der Waals surface area contributed by atoms with Crippen LogP contribution in [0.15, 0.2) is 61.3 Å². The lowest BCUT2D eigenvalue weighted by molar-refractivity contribution is 0.224. The molecule has 1 atom stereocenters. The number of nitrogens with zero attached hydrogens (tertiary/aromatic N) is 1. The van der Waals surface area contributed by atoms with Gasteiger partial charge >= 0.3 is 0 Å². The highest BCUT2D eigenvalue weighted by molar-refractivity contribution is 5.63. The Hall–Kier alpha value is -1.93. The van der Waals surface area contributed by atoms with E-state index in [9.17, 15) is 5.11 Å². The van der Waals surface area contributed by atoms with Crippen molar-refractivity contribution >= 4 is 0 Å². The van der Waals surface area contributed by atoms with Crippen molar-refractivity contribution in [1.82, 2.24) is 4.98 Å². The Morgan fingerprint density at radius 3 is 2.56 bits per heavy atom. The van der Waals surface area contributed by atoms with Crippen LogP contribution in [-0.4, -0.2) is 10.1 Å². The topological polar surface area (TPSA) is 33.1 Å². The van der Waals surface area contributed by atoms with E-state index in [0.717, 1.165) is 11.1 Å². The van der Waals surface area contributed by atoms with Gasteiger partial charge in [0.2, 0.25) is 0 Å². The van der Waals surface area contributed by atoms with E-state index < -0.39 is 6.10 Å². The number of hydrogen-bond donors (Lipinski definition) is 1. The quantitative estimate of drug-likeness (QED) is 0.792. The van der Waals surface area contributed by atoms with Crippen molar-refractivity contribution in [2.24, 2.45) is 0 Å². The largest absolute Gasteiger partial charge is 0.383 e. The summed E-state index contributed by atoms with van der Waals surface area (Å²) in [6, 6.07) is 13.8. The average Bonchev–Trinajstić information content (AvgIpc) is 2.39. The first-order chi connectivity index (χ1) is 7.81. The summed E-state index contributed by atoms with van der Waals surface area (Å²) in [6.07, 6.45) is 2.46. The highest BCUT2D eigenvalue weighted by Crippen LogP contribution is 2.21. The van der Waals surface area contributed by atoms with Gasteiger partial charge in [0.15, 0.2) is 0 Å². The Bertz CT molecular complexity index is 479. The SMILES string of the molecule is C=CC(O)c1cc(-c2ccccc2)ccn1. The summed E-state index contributed by atoms with van der Waals surface area (Å²) in [5, 5.41) is 9.62. The number of hydrogen-bond acceptors (Lipinski definition) is 2. The van der Waals surface area contributed by atoms with Gasteiger partial charge in [-0.25, -0.2) is 0 Å². The third kappa shape index (κ3) is 2.18. The molecule has 0 fully saturated rings. The van der Waals surface area contributed by atoms with E-state index in [1.165, 1.54) is 6.08 Å². The van der Waals surface area contributed by atoms with Crippen LogP contribution >= 0.6 is 0 Å². The van der Waals surface area contributed by atoms with Crippen LogP contribution < -0.4 is 0 Å². The fourth-order valence-electron chi connectivity index (χ4n) is 1.54. The van der Waals surface area contributed by atoms with E-state index in [2.05, 4.69) is 11.6 Å². The van der Waals surface area contributed by atoms with Crippen LogP contribution in [0.25, 0.3) is 11.1 Å². The molecule has 16 heavy (non-hydrogen) atoms. The van der Waals surface area contributed by atoms with Crippen molar-refractivity contribution in [2.45, 2.75) is 6.10 Å². The van der Waals surface area contributed by atoms with Crippen LogP contribution in [0.3, 0.4) is 0 Å². The van der Waals surface area contributed by atoms with E-state index >= 15 is 0 Å². The molecule has 2 heteroatoms. The summed E-state index contributed by atoms with van der Waals surface area (Å²) in [6.45, 7) is 3.55. The molecule has 1 aromatic carbocycles. The molecule has 0 bridgehead atoms. The Morgan fingerprint density at radius 1 is 1.12 bits per heavy atom. The molecule has 0 amide bonds. The molecule has 2 rings (SSSR count). The standard InChI is InChI=1S/C14H13NO/c1-2-14(16)13-10-12(8-9-15-13)11-6-4-3-5-7-11/h2-10,14,16H,1H2. The van der Waals surface area contributed by atoms with Crippen molar-refractivity contribution in [3.05, 3.63) is 67.0 Å². The summed E-state index contributed by atoms with van der Waals surface area (Å²) in [5.41, 5.74) is 2.78. The molecule has 0 aliphatic heterocycles. The molecule has 80 valence electrons. The van der Waals surface area contributed by atoms with Crippen LogP contribution in [0.1, 0.15) is 11.8 Å². The molecule has 0 aliphatic carbocycles. The van der Waals surface area contributed by atoms with Crippen LogP contribution in [0.4, 0.5) is 0 Å². The number of benzene rings is 1. The van der Waals surface area contributed by atoms with Gasteiger partial charge in [-0.15, -0.1) is 6.58 Å². The number of aliphatic hydroxyl groups is 1. The molecule has 0 spiro atoms. The van der Waals surface area contributed by atoms with Gasteiger partial charge in [-0.1, -0.05) is 36.4 Å². The average molecular weight is 211 g/mol. The lowest BCUT2D eigenvalue weighted by Gasteiger charge is -2.07. The van der Waals surface area contributed by atoms with Crippen molar-refractivity contribution in [3.63, 3.8) is 0 Å². The molecule has 1 aromatic heterocycles. The van der Waals surface area contributed by atoms with Crippen LogP contribution in [-0.2, 0) is 0 Å². The van der Waals surface area contributed by atoms with Gasteiger partial charge in [0.25, 0.3) is 0 Å². The first-order valence-corrected chi connectivity index (χ1v) is 5.13. The first kappa shape index (κ1) is 10.6. The van der Waals surface area contributed by atoms with Crippen LogP contribution in [0, 0.1) is 0 Å². The zero-order valence-electron chi connectivity index (χ0n) is 8.88. The van der Waals surface area contributed by atoms with E-state index in [4.69, 9.17) is 0 Å². The lowest BCUT2D eigenvalue weighted by Crippen LogP contribution is -1.96. The highest BCUT2D eigenvalue weighted by atomic mass is 16.3. The summed E-state index contributed by atoms with van der Waals surface area (Å²) < 4.78 is 0. The Morgan fingerprint density at radius 2 is 1.88 bits per heavy atom. The van der Waals surface area contributed by atoms with Crippen molar-refractivity contribution in [1.29, 1.82) is 0 Å². The smallest absolute Gasteiger partial charge is 0.114 e. The van der Waals surface area contributed by atoms with E-state index in [0.29, 0.717) is 5.69 Å². The molecule has 0 saturated heterocycles. The number of aromatic nitrogens is 1. The fourth-order valence-corrected chi connectivity index (χ4v) is 1.54. The first-order valence-electron chi connectivity index (χ1n) is 5.13. The zero-order valence-corrected chi connectivity index (χ0v) is 8.88. The number of rotatable bonds is 3. The van der Waals surface area contributed by atoms with Crippen LogP contribution in [0.5, 0.6) is 0 Å². The summed E-state index contributed by atoms with van der Waals surface area (Å²) in [7, 11) is 0. The summed E-state index contributed by atoms with van der Waals surface area (Å²) >= 11 is 0. The second-order valence-electron chi connectivity index (χ2n) is 3.52. The number of aliphatic hydroxyl groups excluding tert-OH is 1.